The van der Waals surface area contributed by atoms with Crippen molar-refractivity contribution in [2.75, 3.05) is 12.4 Å². The summed E-state index contributed by atoms with van der Waals surface area (Å²) in [5, 5.41) is 14.1. The van der Waals surface area contributed by atoms with Crippen molar-refractivity contribution < 1.29 is 9.66 Å². The molecule has 1 N–H and O–H groups in total. The molecule has 2 unspecified atom stereocenters. The van der Waals surface area contributed by atoms with Crippen LogP contribution in [0, 0.1) is 17.0 Å². The first-order valence-corrected chi connectivity index (χ1v) is 6.14. The number of benzene rings is 1. The van der Waals surface area contributed by atoms with Gasteiger partial charge in [-0.15, -0.1) is 0 Å². The minimum absolute atomic E-state index is 0.129. The molecule has 0 bridgehead atoms. The van der Waals surface area contributed by atoms with E-state index in [0.29, 0.717) is 12.1 Å². The summed E-state index contributed by atoms with van der Waals surface area (Å²) in [6.45, 7) is 1.95. The van der Waals surface area contributed by atoms with Crippen LogP contribution in [0.25, 0.3) is 0 Å². The largest absolute Gasteiger partial charge is 0.382 e. The fourth-order valence-corrected chi connectivity index (χ4v) is 2.38. The van der Waals surface area contributed by atoms with Crippen LogP contribution in [0.2, 0.25) is 0 Å². The molecular weight excluding hydrogens is 232 g/mol. The van der Waals surface area contributed by atoms with Gasteiger partial charge in [-0.3, -0.25) is 10.1 Å². The summed E-state index contributed by atoms with van der Waals surface area (Å²) < 4.78 is 5.32. The molecule has 1 aromatic rings. The van der Waals surface area contributed by atoms with Gasteiger partial charge in [-0.05, 0) is 31.7 Å². The van der Waals surface area contributed by atoms with E-state index < -0.39 is 0 Å². The highest BCUT2D eigenvalue weighted by atomic mass is 16.6. The summed E-state index contributed by atoms with van der Waals surface area (Å²) in [5.41, 5.74) is 2.01. The number of ether oxygens (including phenoxy) is 1. The lowest BCUT2D eigenvalue weighted by Crippen LogP contribution is -2.17. The molecule has 0 aromatic heterocycles. The van der Waals surface area contributed by atoms with Gasteiger partial charge in [0.15, 0.2) is 0 Å². The van der Waals surface area contributed by atoms with Crippen LogP contribution in [0.3, 0.4) is 0 Å². The monoisotopic (exact) mass is 250 g/mol. The Morgan fingerprint density at radius 3 is 2.83 bits per heavy atom. The Morgan fingerprint density at radius 2 is 2.22 bits per heavy atom. The van der Waals surface area contributed by atoms with Gasteiger partial charge in [0.25, 0.3) is 5.69 Å². The number of non-ortho nitro benzene ring substituents is 1. The van der Waals surface area contributed by atoms with Crippen LogP contribution in [0.5, 0.6) is 0 Å². The molecule has 98 valence electrons. The zero-order valence-corrected chi connectivity index (χ0v) is 10.7. The van der Waals surface area contributed by atoms with E-state index in [1.807, 2.05) is 6.92 Å². The molecule has 1 aliphatic rings. The molecule has 1 fully saturated rings. The van der Waals surface area contributed by atoms with Crippen molar-refractivity contribution in [3.63, 3.8) is 0 Å². The predicted molar refractivity (Wildman–Crippen MR) is 69.9 cm³/mol. The Bertz CT molecular complexity index is 448. The number of methoxy groups -OCH3 is 1. The van der Waals surface area contributed by atoms with Crippen molar-refractivity contribution in [3.8, 4) is 0 Å². The zero-order chi connectivity index (χ0) is 13.1. The van der Waals surface area contributed by atoms with Gasteiger partial charge in [-0.2, -0.15) is 0 Å². The summed E-state index contributed by atoms with van der Waals surface area (Å²) in [6, 6.07) is 5.27. The number of nitrogens with zero attached hydrogens (tertiary/aromatic N) is 1. The summed E-state index contributed by atoms with van der Waals surface area (Å²) >= 11 is 0. The molecule has 1 saturated carbocycles. The molecule has 0 amide bonds. The molecule has 5 nitrogen and oxygen atoms in total. The third-order valence-corrected chi connectivity index (χ3v) is 3.51. The van der Waals surface area contributed by atoms with E-state index in [1.54, 1.807) is 19.2 Å². The van der Waals surface area contributed by atoms with Crippen molar-refractivity contribution in [2.45, 2.75) is 38.3 Å². The Morgan fingerprint density at radius 1 is 1.44 bits per heavy atom. The van der Waals surface area contributed by atoms with E-state index in [-0.39, 0.29) is 10.6 Å². The average Bonchev–Trinajstić information content (AvgIpc) is 2.79. The molecule has 1 aliphatic carbocycles. The molecule has 1 aromatic carbocycles. The van der Waals surface area contributed by atoms with Crippen LogP contribution < -0.4 is 5.32 Å². The van der Waals surface area contributed by atoms with Crippen molar-refractivity contribution in [3.05, 3.63) is 33.9 Å². The Labute approximate surface area is 106 Å². The number of hydrogen-bond acceptors (Lipinski definition) is 4. The first-order chi connectivity index (χ1) is 8.60. The number of nitro groups is 1. The normalized spacial score (nSPS) is 23.0. The second-order valence-electron chi connectivity index (χ2n) is 4.77. The van der Waals surface area contributed by atoms with Crippen LogP contribution in [0.1, 0.15) is 24.8 Å². The molecular formula is C13H18N2O3. The second-order valence-corrected chi connectivity index (χ2v) is 4.77. The highest BCUT2D eigenvalue weighted by Gasteiger charge is 2.24. The predicted octanol–water partition coefficient (Wildman–Crippen LogP) is 2.88. The third kappa shape index (κ3) is 2.79. The van der Waals surface area contributed by atoms with Gasteiger partial charge in [0.1, 0.15) is 0 Å². The number of nitrogens with one attached hydrogen (secondary N) is 1. The van der Waals surface area contributed by atoms with Crippen molar-refractivity contribution in [1.29, 1.82) is 0 Å². The Hall–Kier alpha value is -1.62. The second kappa shape index (κ2) is 5.35. The molecule has 5 heteroatoms. The highest BCUT2D eigenvalue weighted by molar-refractivity contribution is 5.57. The number of nitro benzene ring substituents is 1. The summed E-state index contributed by atoms with van der Waals surface area (Å²) in [6.07, 6.45) is 3.35. The number of aryl methyl sites for hydroxylation is 1. The van der Waals surface area contributed by atoms with Gasteiger partial charge in [-0.25, -0.2) is 0 Å². The summed E-state index contributed by atoms with van der Waals surface area (Å²) in [7, 11) is 1.73. The van der Waals surface area contributed by atoms with Crippen LogP contribution in [0.4, 0.5) is 11.4 Å². The quantitative estimate of drug-likeness (QED) is 0.659. The molecule has 0 radical (unpaired) electrons. The fourth-order valence-electron chi connectivity index (χ4n) is 2.38. The Kier molecular flexibility index (Phi) is 3.81. The first-order valence-electron chi connectivity index (χ1n) is 6.14. The standard InChI is InChI=1S/C13H18N2O3/c1-9-3-5-11(15(16)17)8-13(9)14-10-4-6-12(7-10)18-2/h3,5,8,10,12,14H,4,6-7H2,1-2H3. The average molecular weight is 250 g/mol. The minimum atomic E-state index is -0.364. The lowest BCUT2D eigenvalue weighted by atomic mass is 10.1. The zero-order valence-electron chi connectivity index (χ0n) is 10.7. The maximum atomic E-state index is 10.8. The highest BCUT2D eigenvalue weighted by Crippen LogP contribution is 2.28. The van der Waals surface area contributed by atoms with E-state index in [1.165, 1.54) is 6.07 Å². The molecule has 0 aliphatic heterocycles. The van der Waals surface area contributed by atoms with Crippen LogP contribution in [-0.2, 0) is 4.74 Å². The molecule has 0 saturated heterocycles. The minimum Gasteiger partial charge on any atom is -0.382 e. The van der Waals surface area contributed by atoms with Crippen LogP contribution in [-0.4, -0.2) is 24.2 Å². The van der Waals surface area contributed by atoms with E-state index in [0.717, 1.165) is 30.5 Å². The van der Waals surface area contributed by atoms with E-state index in [2.05, 4.69) is 5.32 Å². The van der Waals surface area contributed by atoms with Gasteiger partial charge in [-0.1, -0.05) is 6.07 Å². The Balaban J connectivity index is 2.09. The van der Waals surface area contributed by atoms with E-state index in [9.17, 15) is 10.1 Å². The summed E-state index contributed by atoms with van der Waals surface area (Å²) in [5.74, 6) is 0. The van der Waals surface area contributed by atoms with Crippen molar-refractivity contribution >= 4 is 11.4 Å². The van der Waals surface area contributed by atoms with Crippen molar-refractivity contribution in [1.82, 2.24) is 0 Å². The lowest BCUT2D eigenvalue weighted by Gasteiger charge is -2.16. The number of hydrogen-bond donors (Lipinski definition) is 1. The van der Waals surface area contributed by atoms with Crippen molar-refractivity contribution in [2.24, 2.45) is 0 Å². The lowest BCUT2D eigenvalue weighted by molar-refractivity contribution is -0.384. The number of rotatable bonds is 4. The molecule has 18 heavy (non-hydrogen) atoms. The van der Waals surface area contributed by atoms with Gasteiger partial charge in [0, 0.05) is 31.0 Å². The smallest absolute Gasteiger partial charge is 0.271 e. The number of anilines is 1. The van der Waals surface area contributed by atoms with Gasteiger partial charge in [0.05, 0.1) is 11.0 Å². The topological polar surface area (TPSA) is 64.4 Å². The van der Waals surface area contributed by atoms with Gasteiger partial charge in [0.2, 0.25) is 0 Å². The molecule has 0 heterocycles. The fraction of sp³-hybridized carbons (Fsp3) is 0.538. The molecule has 2 atom stereocenters. The maximum Gasteiger partial charge on any atom is 0.271 e. The van der Waals surface area contributed by atoms with Gasteiger partial charge >= 0.3 is 0 Å². The third-order valence-electron chi connectivity index (χ3n) is 3.51. The molecule has 2 rings (SSSR count). The van der Waals surface area contributed by atoms with E-state index >= 15 is 0 Å². The SMILES string of the molecule is COC1CCC(Nc2cc([N+](=O)[O-])ccc2C)C1. The van der Waals surface area contributed by atoms with Gasteiger partial charge < -0.3 is 10.1 Å². The van der Waals surface area contributed by atoms with Crippen LogP contribution in [0.15, 0.2) is 18.2 Å². The molecule has 0 spiro atoms. The maximum absolute atomic E-state index is 10.8. The first kappa shape index (κ1) is 12.8. The summed E-state index contributed by atoms with van der Waals surface area (Å²) in [4.78, 5) is 10.4. The van der Waals surface area contributed by atoms with Crippen LogP contribution >= 0.6 is 0 Å². The van der Waals surface area contributed by atoms with E-state index in [4.69, 9.17) is 4.74 Å².